The van der Waals surface area contributed by atoms with Crippen molar-refractivity contribution in [1.29, 1.82) is 5.26 Å². The van der Waals surface area contributed by atoms with Gasteiger partial charge in [-0.15, -0.1) is 0 Å². The second-order valence-corrected chi connectivity index (χ2v) is 5.96. The van der Waals surface area contributed by atoms with E-state index in [1.165, 1.54) is 24.3 Å². The van der Waals surface area contributed by atoms with Gasteiger partial charge in [0.25, 0.3) is 5.91 Å². The third-order valence-electron chi connectivity index (χ3n) is 4.06. The van der Waals surface area contributed by atoms with Gasteiger partial charge in [-0.3, -0.25) is 4.79 Å². The van der Waals surface area contributed by atoms with Crippen molar-refractivity contribution in [3.8, 4) is 6.07 Å². The molecule has 2 aromatic carbocycles. The molecule has 3 aromatic rings. The summed E-state index contributed by atoms with van der Waals surface area (Å²) in [5, 5.41) is 15.1. The van der Waals surface area contributed by atoms with Gasteiger partial charge in [0.1, 0.15) is 17.7 Å². The highest BCUT2D eigenvalue weighted by Crippen LogP contribution is 2.22. The number of amides is 1. The van der Waals surface area contributed by atoms with Crippen molar-refractivity contribution in [2.75, 3.05) is 10.6 Å². The molecule has 0 aliphatic rings. The quantitative estimate of drug-likeness (QED) is 0.701. The second-order valence-electron chi connectivity index (χ2n) is 5.96. The van der Waals surface area contributed by atoms with Gasteiger partial charge in [0, 0.05) is 23.5 Å². The van der Waals surface area contributed by atoms with Crippen molar-refractivity contribution >= 4 is 17.4 Å². The minimum absolute atomic E-state index is 0.0751. The minimum Gasteiger partial charge on any atom is -0.362 e. The zero-order valence-electron chi connectivity index (χ0n) is 14.6. The summed E-state index contributed by atoms with van der Waals surface area (Å²) in [6.07, 6.45) is 1.63. The fourth-order valence-electron chi connectivity index (χ4n) is 2.56. The number of carbonyl (C=O) groups excluding carboxylic acids is 1. The number of rotatable bonds is 5. The van der Waals surface area contributed by atoms with Gasteiger partial charge in [-0.25, -0.2) is 9.37 Å². The molecule has 1 amide bonds. The lowest BCUT2D eigenvalue weighted by atomic mass is 10.1. The van der Waals surface area contributed by atoms with Gasteiger partial charge in [-0.05, 0) is 61.0 Å². The molecule has 1 heterocycles. The Labute approximate surface area is 156 Å². The number of nitriles is 1. The molecule has 0 saturated carbocycles. The van der Waals surface area contributed by atoms with Crippen LogP contribution >= 0.6 is 0 Å². The van der Waals surface area contributed by atoms with E-state index >= 15 is 0 Å². The topological polar surface area (TPSA) is 77.8 Å². The van der Waals surface area contributed by atoms with Crippen molar-refractivity contribution < 1.29 is 9.18 Å². The molecule has 1 unspecified atom stereocenters. The maximum atomic E-state index is 12.9. The summed E-state index contributed by atoms with van der Waals surface area (Å²) in [5.41, 5.74) is 2.47. The number of nitrogens with one attached hydrogen (secondary N) is 2. The second kappa shape index (κ2) is 8.11. The molecule has 0 spiro atoms. The first-order chi connectivity index (χ1) is 13.1. The van der Waals surface area contributed by atoms with Crippen molar-refractivity contribution in [2.24, 2.45) is 0 Å². The average Bonchev–Trinajstić information content (AvgIpc) is 2.69. The number of benzene rings is 2. The Morgan fingerprint density at radius 2 is 1.81 bits per heavy atom. The number of pyridine rings is 1. The largest absolute Gasteiger partial charge is 0.362 e. The monoisotopic (exact) mass is 360 g/mol. The summed E-state index contributed by atoms with van der Waals surface area (Å²) in [7, 11) is 0. The number of hydrogen-bond donors (Lipinski definition) is 2. The molecule has 0 aliphatic heterocycles. The van der Waals surface area contributed by atoms with Crippen LogP contribution in [0.5, 0.6) is 0 Å². The number of carbonyl (C=O) groups is 1. The van der Waals surface area contributed by atoms with E-state index in [1.54, 1.807) is 30.5 Å². The summed E-state index contributed by atoms with van der Waals surface area (Å²) in [6, 6.07) is 18.2. The molecule has 5 nitrogen and oxygen atoms in total. The van der Waals surface area contributed by atoms with E-state index in [-0.39, 0.29) is 17.8 Å². The molecule has 1 atom stereocenters. The van der Waals surface area contributed by atoms with Crippen molar-refractivity contribution in [3.63, 3.8) is 0 Å². The normalized spacial score (nSPS) is 11.3. The molecule has 0 fully saturated rings. The van der Waals surface area contributed by atoms with Gasteiger partial charge in [-0.1, -0.05) is 12.1 Å². The molecule has 0 aliphatic carbocycles. The fraction of sp³-hybridized carbons (Fsp3) is 0.0952. The summed E-state index contributed by atoms with van der Waals surface area (Å²) in [6.45, 7) is 1.96. The van der Waals surface area contributed by atoms with E-state index in [2.05, 4.69) is 21.7 Å². The average molecular weight is 360 g/mol. The predicted molar refractivity (Wildman–Crippen MR) is 102 cm³/mol. The van der Waals surface area contributed by atoms with E-state index in [0.29, 0.717) is 22.6 Å². The number of halogens is 1. The number of aromatic nitrogens is 1. The SMILES string of the molecule is CC(Nc1ncccc1C#N)c1ccc(NC(=O)c2ccc(F)cc2)cc1. The molecule has 27 heavy (non-hydrogen) atoms. The summed E-state index contributed by atoms with van der Waals surface area (Å²) in [5.74, 6) is -0.160. The van der Waals surface area contributed by atoms with Gasteiger partial charge < -0.3 is 10.6 Å². The van der Waals surface area contributed by atoms with Crippen LogP contribution in [-0.4, -0.2) is 10.9 Å². The smallest absolute Gasteiger partial charge is 0.255 e. The van der Waals surface area contributed by atoms with Crippen molar-refractivity contribution in [3.05, 3.63) is 89.4 Å². The van der Waals surface area contributed by atoms with Gasteiger partial charge in [0.05, 0.1) is 5.56 Å². The van der Waals surface area contributed by atoms with Crippen LogP contribution in [0, 0.1) is 17.1 Å². The Morgan fingerprint density at radius 1 is 1.11 bits per heavy atom. The molecule has 134 valence electrons. The summed E-state index contributed by atoms with van der Waals surface area (Å²) >= 11 is 0. The minimum atomic E-state index is -0.384. The Balaban J connectivity index is 1.67. The highest BCUT2D eigenvalue weighted by molar-refractivity contribution is 6.04. The van der Waals surface area contributed by atoms with Gasteiger partial charge >= 0.3 is 0 Å². The van der Waals surface area contributed by atoms with Crippen LogP contribution in [0.3, 0.4) is 0 Å². The molecule has 0 radical (unpaired) electrons. The van der Waals surface area contributed by atoms with Crippen LogP contribution in [0.15, 0.2) is 66.9 Å². The van der Waals surface area contributed by atoms with Crippen molar-refractivity contribution in [2.45, 2.75) is 13.0 Å². The van der Waals surface area contributed by atoms with Crippen molar-refractivity contribution in [1.82, 2.24) is 4.98 Å². The molecule has 0 saturated heterocycles. The van der Waals surface area contributed by atoms with E-state index in [1.807, 2.05) is 19.1 Å². The van der Waals surface area contributed by atoms with E-state index in [9.17, 15) is 9.18 Å². The van der Waals surface area contributed by atoms with Crippen LogP contribution in [0.2, 0.25) is 0 Å². The Kier molecular flexibility index (Phi) is 5.43. The first-order valence-electron chi connectivity index (χ1n) is 8.35. The van der Waals surface area contributed by atoms with Crippen LogP contribution < -0.4 is 10.6 Å². The molecule has 0 bridgehead atoms. The van der Waals surface area contributed by atoms with Crippen LogP contribution in [-0.2, 0) is 0 Å². The Morgan fingerprint density at radius 3 is 2.48 bits per heavy atom. The highest BCUT2D eigenvalue weighted by Gasteiger charge is 2.10. The lowest BCUT2D eigenvalue weighted by Gasteiger charge is -2.16. The molecular formula is C21H17FN4O. The zero-order chi connectivity index (χ0) is 19.2. The Bertz CT molecular complexity index is 978. The van der Waals surface area contributed by atoms with Gasteiger partial charge in [0.15, 0.2) is 0 Å². The van der Waals surface area contributed by atoms with E-state index in [4.69, 9.17) is 5.26 Å². The maximum absolute atomic E-state index is 12.9. The van der Waals surface area contributed by atoms with Crippen LogP contribution in [0.1, 0.15) is 34.5 Å². The summed E-state index contributed by atoms with van der Waals surface area (Å²) in [4.78, 5) is 16.4. The standard InChI is InChI=1S/C21H17FN4O/c1-14(25-20-17(13-23)3-2-12-24-20)15-6-10-19(11-7-15)26-21(27)16-4-8-18(22)9-5-16/h2-12,14H,1H3,(H,24,25)(H,26,27). The molecule has 3 rings (SSSR count). The third-order valence-corrected chi connectivity index (χ3v) is 4.06. The Hall–Kier alpha value is -3.72. The molecule has 6 heteroatoms. The zero-order valence-corrected chi connectivity index (χ0v) is 14.6. The first kappa shape index (κ1) is 18.1. The lowest BCUT2D eigenvalue weighted by molar-refractivity contribution is 0.102. The molecule has 2 N–H and O–H groups in total. The fourth-order valence-corrected chi connectivity index (χ4v) is 2.56. The number of hydrogen-bond acceptors (Lipinski definition) is 4. The first-order valence-corrected chi connectivity index (χ1v) is 8.35. The highest BCUT2D eigenvalue weighted by atomic mass is 19.1. The van der Waals surface area contributed by atoms with E-state index in [0.717, 1.165) is 5.56 Å². The summed E-state index contributed by atoms with van der Waals surface area (Å²) < 4.78 is 12.9. The number of anilines is 2. The maximum Gasteiger partial charge on any atom is 0.255 e. The lowest BCUT2D eigenvalue weighted by Crippen LogP contribution is -2.12. The number of nitrogens with zero attached hydrogens (tertiary/aromatic N) is 2. The van der Waals surface area contributed by atoms with Gasteiger partial charge in [-0.2, -0.15) is 5.26 Å². The van der Waals surface area contributed by atoms with E-state index < -0.39 is 0 Å². The predicted octanol–water partition coefficient (Wildman–Crippen LogP) is 4.52. The van der Waals surface area contributed by atoms with Crippen LogP contribution in [0.25, 0.3) is 0 Å². The van der Waals surface area contributed by atoms with Crippen LogP contribution in [0.4, 0.5) is 15.9 Å². The third kappa shape index (κ3) is 4.47. The molecular weight excluding hydrogens is 343 g/mol. The molecule has 1 aromatic heterocycles. The van der Waals surface area contributed by atoms with Gasteiger partial charge in [0.2, 0.25) is 0 Å².